The highest BCUT2D eigenvalue weighted by Crippen LogP contribution is 2.45. The van der Waals surface area contributed by atoms with Gasteiger partial charge in [0, 0.05) is 18.1 Å². The quantitative estimate of drug-likeness (QED) is 0.662. The molecular weight excluding hydrogens is 256 g/mol. The standard InChI is InChI=1S/C13H13F2NO3/c14-12(15)18-8-2-3-9-10(16-17)7-13(4-1-5-13)19-11(9)6-8/h2-3,6,12,17H,1,4-5,7H2. The highest BCUT2D eigenvalue weighted by Gasteiger charge is 2.44. The van der Waals surface area contributed by atoms with Gasteiger partial charge in [-0.15, -0.1) is 0 Å². The molecule has 0 amide bonds. The molecule has 1 fully saturated rings. The summed E-state index contributed by atoms with van der Waals surface area (Å²) in [6.07, 6.45) is 3.36. The molecule has 2 aliphatic rings. The van der Waals surface area contributed by atoms with Crippen molar-refractivity contribution in [3.05, 3.63) is 23.8 Å². The van der Waals surface area contributed by atoms with Gasteiger partial charge in [0.1, 0.15) is 17.1 Å². The summed E-state index contributed by atoms with van der Waals surface area (Å²) in [4.78, 5) is 0. The van der Waals surface area contributed by atoms with Crippen LogP contribution in [0.25, 0.3) is 0 Å². The molecule has 3 rings (SSSR count). The van der Waals surface area contributed by atoms with Gasteiger partial charge < -0.3 is 14.7 Å². The van der Waals surface area contributed by atoms with Crippen molar-refractivity contribution in [1.82, 2.24) is 0 Å². The summed E-state index contributed by atoms with van der Waals surface area (Å²) in [5.41, 5.74) is 0.823. The first kappa shape index (κ1) is 12.2. The minimum absolute atomic E-state index is 0.0439. The fraction of sp³-hybridized carbons (Fsp3) is 0.462. The third-order valence-electron chi connectivity index (χ3n) is 3.69. The van der Waals surface area contributed by atoms with Crippen molar-refractivity contribution in [2.75, 3.05) is 0 Å². The number of benzene rings is 1. The van der Waals surface area contributed by atoms with E-state index in [0.29, 0.717) is 23.4 Å². The van der Waals surface area contributed by atoms with Crippen LogP contribution in [0.3, 0.4) is 0 Å². The van der Waals surface area contributed by atoms with Crippen molar-refractivity contribution in [3.8, 4) is 11.5 Å². The maximum atomic E-state index is 12.2. The zero-order valence-electron chi connectivity index (χ0n) is 10.1. The van der Waals surface area contributed by atoms with E-state index in [9.17, 15) is 8.78 Å². The lowest BCUT2D eigenvalue weighted by Gasteiger charge is -2.45. The third kappa shape index (κ3) is 2.11. The van der Waals surface area contributed by atoms with Crippen LogP contribution in [0.4, 0.5) is 8.78 Å². The molecule has 0 radical (unpaired) electrons. The molecule has 1 aliphatic heterocycles. The van der Waals surface area contributed by atoms with E-state index in [1.807, 2.05) is 0 Å². The normalized spacial score (nSPS) is 21.9. The van der Waals surface area contributed by atoms with Gasteiger partial charge in [-0.05, 0) is 31.4 Å². The van der Waals surface area contributed by atoms with Gasteiger partial charge in [0.2, 0.25) is 0 Å². The van der Waals surface area contributed by atoms with Crippen LogP contribution in [0.15, 0.2) is 23.4 Å². The van der Waals surface area contributed by atoms with Gasteiger partial charge in [0.05, 0.1) is 5.71 Å². The Kier molecular flexibility index (Phi) is 2.80. The molecule has 0 saturated heterocycles. The van der Waals surface area contributed by atoms with Crippen LogP contribution in [0.5, 0.6) is 11.5 Å². The lowest BCUT2D eigenvalue weighted by atomic mass is 9.74. The first-order valence-corrected chi connectivity index (χ1v) is 6.11. The summed E-state index contributed by atoms with van der Waals surface area (Å²) < 4.78 is 34.6. The van der Waals surface area contributed by atoms with E-state index in [4.69, 9.17) is 9.94 Å². The SMILES string of the molecule is ON=C1CC2(CCC2)Oc2cc(OC(F)F)ccc21. The van der Waals surface area contributed by atoms with Gasteiger partial charge in [0.15, 0.2) is 0 Å². The molecule has 19 heavy (non-hydrogen) atoms. The third-order valence-corrected chi connectivity index (χ3v) is 3.69. The summed E-state index contributed by atoms with van der Waals surface area (Å²) in [7, 11) is 0. The summed E-state index contributed by atoms with van der Waals surface area (Å²) >= 11 is 0. The molecule has 0 unspecified atom stereocenters. The second-order valence-corrected chi connectivity index (χ2v) is 4.90. The number of halogens is 2. The topological polar surface area (TPSA) is 51.1 Å². The van der Waals surface area contributed by atoms with Crippen molar-refractivity contribution in [2.45, 2.75) is 37.9 Å². The fourth-order valence-corrected chi connectivity index (χ4v) is 2.61. The number of hydrogen-bond donors (Lipinski definition) is 1. The molecule has 1 heterocycles. The van der Waals surface area contributed by atoms with Crippen LogP contribution in [-0.4, -0.2) is 23.1 Å². The molecular formula is C13H13F2NO3. The van der Waals surface area contributed by atoms with E-state index in [0.717, 1.165) is 19.3 Å². The summed E-state index contributed by atoms with van der Waals surface area (Å²) in [5, 5.41) is 12.4. The zero-order chi connectivity index (χ0) is 13.5. The number of oxime groups is 1. The lowest BCUT2D eigenvalue weighted by Crippen LogP contribution is -2.47. The number of rotatable bonds is 2. The summed E-state index contributed by atoms with van der Waals surface area (Å²) in [5.74, 6) is 0.485. The molecule has 1 spiro atoms. The van der Waals surface area contributed by atoms with Crippen molar-refractivity contribution in [3.63, 3.8) is 0 Å². The molecule has 0 atom stereocenters. The highest BCUT2D eigenvalue weighted by atomic mass is 19.3. The molecule has 102 valence electrons. The second kappa shape index (κ2) is 4.36. The molecule has 4 nitrogen and oxygen atoms in total. The van der Waals surface area contributed by atoms with Crippen molar-refractivity contribution in [1.29, 1.82) is 0 Å². The van der Waals surface area contributed by atoms with Crippen LogP contribution in [0, 0.1) is 0 Å². The molecule has 6 heteroatoms. The van der Waals surface area contributed by atoms with Crippen LogP contribution in [0.1, 0.15) is 31.2 Å². The van der Waals surface area contributed by atoms with Gasteiger partial charge in [0.25, 0.3) is 0 Å². The van der Waals surface area contributed by atoms with E-state index in [1.165, 1.54) is 12.1 Å². The maximum absolute atomic E-state index is 12.2. The lowest BCUT2D eigenvalue weighted by molar-refractivity contribution is -0.0504. The minimum atomic E-state index is -2.87. The number of ether oxygens (including phenoxy) is 2. The largest absolute Gasteiger partial charge is 0.486 e. The smallest absolute Gasteiger partial charge is 0.387 e. The second-order valence-electron chi connectivity index (χ2n) is 4.90. The number of hydrogen-bond acceptors (Lipinski definition) is 4. The average Bonchev–Trinajstić information content (AvgIpc) is 2.34. The van der Waals surface area contributed by atoms with Crippen LogP contribution < -0.4 is 9.47 Å². The van der Waals surface area contributed by atoms with Gasteiger partial charge in [-0.1, -0.05) is 5.16 Å². The van der Waals surface area contributed by atoms with Crippen molar-refractivity contribution < 1.29 is 23.5 Å². The Bertz CT molecular complexity index is 527. The Morgan fingerprint density at radius 1 is 1.37 bits per heavy atom. The Balaban J connectivity index is 1.96. The van der Waals surface area contributed by atoms with E-state index in [1.54, 1.807) is 6.07 Å². The average molecular weight is 269 g/mol. The maximum Gasteiger partial charge on any atom is 0.387 e. The molecule has 1 aromatic carbocycles. The minimum Gasteiger partial charge on any atom is -0.486 e. The fourth-order valence-electron chi connectivity index (χ4n) is 2.61. The van der Waals surface area contributed by atoms with Gasteiger partial charge >= 0.3 is 6.61 Å². The van der Waals surface area contributed by atoms with Gasteiger partial charge in [-0.25, -0.2) is 0 Å². The van der Waals surface area contributed by atoms with E-state index < -0.39 is 6.61 Å². The molecule has 1 aliphatic carbocycles. The van der Waals surface area contributed by atoms with Crippen LogP contribution in [-0.2, 0) is 0 Å². The molecule has 0 bridgehead atoms. The van der Waals surface area contributed by atoms with Gasteiger partial charge in [-0.2, -0.15) is 8.78 Å². The number of fused-ring (bicyclic) bond motifs is 1. The zero-order valence-corrected chi connectivity index (χ0v) is 10.1. The predicted molar refractivity (Wildman–Crippen MR) is 63.2 cm³/mol. The number of alkyl halides is 2. The van der Waals surface area contributed by atoms with E-state index in [-0.39, 0.29) is 11.4 Å². The monoisotopic (exact) mass is 269 g/mol. The first-order chi connectivity index (χ1) is 9.12. The van der Waals surface area contributed by atoms with E-state index in [2.05, 4.69) is 9.89 Å². The summed E-state index contributed by atoms with van der Waals surface area (Å²) in [6, 6.07) is 4.41. The number of nitrogens with zero attached hydrogens (tertiary/aromatic N) is 1. The molecule has 1 saturated carbocycles. The van der Waals surface area contributed by atoms with Gasteiger partial charge in [-0.3, -0.25) is 0 Å². The Morgan fingerprint density at radius 3 is 2.74 bits per heavy atom. The van der Waals surface area contributed by atoms with E-state index >= 15 is 0 Å². The first-order valence-electron chi connectivity index (χ1n) is 6.11. The Morgan fingerprint density at radius 2 is 2.16 bits per heavy atom. The molecule has 1 aromatic rings. The highest BCUT2D eigenvalue weighted by molar-refractivity contribution is 6.04. The summed E-state index contributed by atoms with van der Waals surface area (Å²) in [6.45, 7) is -2.87. The molecule has 1 N–H and O–H groups in total. The predicted octanol–water partition coefficient (Wildman–Crippen LogP) is 3.17. The van der Waals surface area contributed by atoms with Crippen molar-refractivity contribution >= 4 is 5.71 Å². The Labute approximate surface area is 108 Å². The molecule has 0 aromatic heterocycles. The van der Waals surface area contributed by atoms with Crippen LogP contribution >= 0.6 is 0 Å². The van der Waals surface area contributed by atoms with Crippen molar-refractivity contribution in [2.24, 2.45) is 5.16 Å². The van der Waals surface area contributed by atoms with Crippen LogP contribution in [0.2, 0.25) is 0 Å². The Hall–Kier alpha value is -1.85.